The molecule has 0 spiro atoms. The van der Waals surface area contributed by atoms with Crippen molar-refractivity contribution in [1.82, 2.24) is 0 Å². The fraction of sp³-hybridized carbons (Fsp3) is 0.200. The fourth-order valence-electron chi connectivity index (χ4n) is 1.87. The zero-order chi connectivity index (χ0) is 14.0. The van der Waals surface area contributed by atoms with Crippen LogP contribution in [0.15, 0.2) is 36.4 Å². The van der Waals surface area contributed by atoms with Crippen LogP contribution in [0.2, 0.25) is 0 Å². The van der Waals surface area contributed by atoms with E-state index >= 15 is 0 Å². The van der Waals surface area contributed by atoms with E-state index in [1.165, 1.54) is 18.2 Å². The van der Waals surface area contributed by atoms with Crippen molar-refractivity contribution in [2.75, 3.05) is 0 Å². The van der Waals surface area contributed by atoms with Gasteiger partial charge in [0.1, 0.15) is 11.6 Å². The summed E-state index contributed by atoms with van der Waals surface area (Å²) >= 11 is 0. The molecule has 2 rings (SSSR count). The Balaban J connectivity index is 2.44. The molecule has 0 aromatic heterocycles. The number of ether oxygens (including phenoxy) is 1. The molecule has 0 heterocycles. The van der Waals surface area contributed by atoms with Gasteiger partial charge in [-0.3, -0.25) is 0 Å². The van der Waals surface area contributed by atoms with Crippen molar-refractivity contribution >= 4 is 0 Å². The molecule has 100 valence electrons. The van der Waals surface area contributed by atoms with Gasteiger partial charge in [-0.1, -0.05) is 18.2 Å². The molecule has 0 radical (unpaired) electrons. The minimum absolute atomic E-state index is 0.0625. The molecule has 0 bridgehead atoms. The van der Waals surface area contributed by atoms with E-state index in [1.807, 2.05) is 0 Å². The number of aryl methyl sites for hydroxylation is 1. The third-order valence-corrected chi connectivity index (χ3v) is 2.84. The second-order valence-corrected chi connectivity index (χ2v) is 4.43. The molecule has 0 aliphatic heterocycles. The van der Waals surface area contributed by atoms with Gasteiger partial charge in [0.25, 0.3) is 0 Å². The minimum atomic E-state index is -0.538. The molecular weight excluding hydrogens is 248 g/mol. The highest BCUT2D eigenvalue weighted by Crippen LogP contribution is 2.32. The number of hydrogen-bond donors (Lipinski definition) is 1. The Bertz CT molecular complexity index is 597. The lowest BCUT2D eigenvalue weighted by Gasteiger charge is -2.15. The molecule has 2 N–H and O–H groups in total. The zero-order valence-corrected chi connectivity index (χ0v) is 10.8. The fourth-order valence-corrected chi connectivity index (χ4v) is 1.87. The highest BCUT2D eigenvalue weighted by molar-refractivity contribution is 5.41. The summed E-state index contributed by atoms with van der Waals surface area (Å²) in [5.74, 6) is -0.616. The third kappa shape index (κ3) is 2.74. The first-order chi connectivity index (χ1) is 9.00. The second-order valence-electron chi connectivity index (χ2n) is 4.43. The molecule has 19 heavy (non-hydrogen) atoms. The van der Waals surface area contributed by atoms with Crippen molar-refractivity contribution in [1.29, 1.82) is 0 Å². The van der Waals surface area contributed by atoms with Crippen LogP contribution in [0.1, 0.15) is 24.1 Å². The summed E-state index contributed by atoms with van der Waals surface area (Å²) in [6.45, 7) is 3.29. The van der Waals surface area contributed by atoms with Crippen molar-refractivity contribution in [3.05, 3.63) is 59.2 Å². The molecule has 0 aliphatic carbocycles. The van der Waals surface area contributed by atoms with Crippen LogP contribution in [-0.2, 0) is 0 Å². The van der Waals surface area contributed by atoms with E-state index < -0.39 is 17.7 Å². The monoisotopic (exact) mass is 263 g/mol. The molecule has 0 unspecified atom stereocenters. The van der Waals surface area contributed by atoms with E-state index in [-0.39, 0.29) is 17.1 Å². The SMILES string of the molecule is Cc1cccc(Oc2cccc(F)c2[C@H](C)N)c1F. The van der Waals surface area contributed by atoms with Gasteiger partial charge in [-0.15, -0.1) is 0 Å². The summed E-state index contributed by atoms with van der Waals surface area (Å²) in [6, 6.07) is 8.66. The molecular formula is C15H15F2NO. The Kier molecular flexibility index (Phi) is 3.81. The van der Waals surface area contributed by atoms with Crippen LogP contribution >= 0.6 is 0 Å². The largest absolute Gasteiger partial charge is 0.454 e. The zero-order valence-electron chi connectivity index (χ0n) is 10.8. The number of rotatable bonds is 3. The summed E-state index contributed by atoms with van der Waals surface area (Å²) < 4.78 is 33.1. The van der Waals surface area contributed by atoms with Gasteiger partial charge in [0.05, 0.1) is 0 Å². The third-order valence-electron chi connectivity index (χ3n) is 2.84. The number of halogens is 2. The maximum Gasteiger partial charge on any atom is 0.168 e. The van der Waals surface area contributed by atoms with Crippen molar-refractivity contribution in [3.63, 3.8) is 0 Å². The maximum atomic E-state index is 13.9. The molecule has 0 saturated carbocycles. The lowest BCUT2D eigenvalue weighted by atomic mass is 10.1. The molecule has 2 aromatic carbocycles. The van der Waals surface area contributed by atoms with Crippen molar-refractivity contribution in [2.45, 2.75) is 19.9 Å². The number of nitrogens with two attached hydrogens (primary N) is 1. The Morgan fingerprint density at radius 3 is 2.37 bits per heavy atom. The van der Waals surface area contributed by atoms with E-state index in [0.717, 1.165) is 0 Å². The Hall–Kier alpha value is -1.94. The van der Waals surface area contributed by atoms with Crippen LogP contribution in [0, 0.1) is 18.6 Å². The van der Waals surface area contributed by atoms with Crippen molar-refractivity contribution in [3.8, 4) is 11.5 Å². The maximum absolute atomic E-state index is 13.9. The van der Waals surface area contributed by atoms with Crippen LogP contribution in [-0.4, -0.2) is 0 Å². The second kappa shape index (κ2) is 5.36. The van der Waals surface area contributed by atoms with Gasteiger partial charge in [0, 0.05) is 11.6 Å². The summed E-state index contributed by atoms with van der Waals surface area (Å²) in [7, 11) is 0. The average Bonchev–Trinajstić information content (AvgIpc) is 2.34. The van der Waals surface area contributed by atoms with E-state index in [1.54, 1.807) is 32.0 Å². The van der Waals surface area contributed by atoms with Gasteiger partial charge in [-0.25, -0.2) is 8.78 Å². The van der Waals surface area contributed by atoms with Gasteiger partial charge in [-0.2, -0.15) is 0 Å². The molecule has 2 nitrogen and oxygen atoms in total. The summed E-state index contributed by atoms with van der Waals surface area (Å²) in [5, 5.41) is 0. The molecule has 0 fully saturated rings. The molecule has 0 aliphatic rings. The smallest absolute Gasteiger partial charge is 0.168 e. The summed E-state index contributed by atoms with van der Waals surface area (Å²) in [4.78, 5) is 0. The Labute approximate surface area is 110 Å². The standard InChI is InChI=1S/C15H15F2NO/c1-9-5-3-8-13(15(9)17)19-12-7-4-6-11(16)14(12)10(2)18/h3-8,10H,18H2,1-2H3/t10-/m0/s1. The van der Waals surface area contributed by atoms with E-state index in [2.05, 4.69) is 0 Å². The van der Waals surface area contributed by atoms with Crippen LogP contribution in [0.25, 0.3) is 0 Å². The highest BCUT2D eigenvalue weighted by Gasteiger charge is 2.16. The summed E-state index contributed by atoms with van der Waals surface area (Å²) in [6.07, 6.45) is 0. The predicted octanol–water partition coefficient (Wildman–Crippen LogP) is 4.09. The van der Waals surface area contributed by atoms with Crippen LogP contribution in [0.5, 0.6) is 11.5 Å². The molecule has 1 atom stereocenters. The van der Waals surface area contributed by atoms with Gasteiger partial charge >= 0.3 is 0 Å². The summed E-state index contributed by atoms with van der Waals surface area (Å²) in [5.41, 5.74) is 6.43. The number of hydrogen-bond acceptors (Lipinski definition) is 2. The topological polar surface area (TPSA) is 35.2 Å². The molecule has 0 saturated heterocycles. The number of benzene rings is 2. The molecule has 0 amide bonds. The normalized spacial score (nSPS) is 12.3. The van der Waals surface area contributed by atoms with Gasteiger partial charge in [0.2, 0.25) is 0 Å². The Morgan fingerprint density at radius 1 is 1.05 bits per heavy atom. The lowest BCUT2D eigenvalue weighted by Crippen LogP contribution is -2.09. The van der Waals surface area contributed by atoms with Gasteiger partial charge in [-0.05, 0) is 37.6 Å². The van der Waals surface area contributed by atoms with E-state index in [0.29, 0.717) is 5.56 Å². The first-order valence-electron chi connectivity index (χ1n) is 5.97. The first kappa shape index (κ1) is 13.5. The van der Waals surface area contributed by atoms with Gasteiger partial charge in [0.15, 0.2) is 11.6 Å². The quantitative estimate of drug-likeness (QED) is 0.905. The molecule has 2 aromatic rings. The van der Waals surface area contributed by atoms with Crippen molar-refractivity contribution in [2.24, 2.45) is 5.73 Å². The predicted molar refractivity (Wildman–Crippen MR) is 70.2 cm³/mol. The Morgan fingerprint density at radius 2 is 1.68 bits per heavy atom. The first-order valence-corrected chi connectivity index (χ1v) is 5.97. The van der Waals surface area contributed by atoms with Crippen LogP contribution in [0.4, 0.5) is 8.78 Å². The molecule has 4 heteroatoms. The average molecular weight is 263 g/mol. The van der Waals surface area contributed by atoms with Gasteiger partial charge < -0.3 is 10.5 Å². The van der Waals surface area contributed by atoms with Crippen LogP contribution < -0.4 is 10.5 Å². The lowest BCUT2D eigenvalue weighted by molar-refractivity contribution is 0.426. The van der Waals surface area contributed by atoms with Crippen LogP contribution in [0.3, 0.4) is 0 Å². The van der Waals surface area contributed by atoms with Crippen molar-refractivity contribution < 1.29 is 13.5 Å². The van der Waals surface area contributed by atoms with E-state index in [4.69, 9.17) is 10.5 Å². The van der Waals surface area contributed by atoms with E-state index in [9.17, 15) is 8.78 Å². The highest BCUT2D eigenvalue weighted by atomic mass is 19.1. The minimum Gasteiger partial charge on any atom is -0.454 e.